The Labute approximate surface area is 184 Å². The van der Waals surface area contributed by atoms with Gasteiger partial charge in [0, 0.05) is 23.5 Å². The number of likely N-dealkylation sites (tertiary alicyclic amines) is 1. The molecule has 1 aliphatic heterocycles. The molecule has 3 N–H and O–H groups in total. The van der Waals surface area contributed by atoms with Crippen LogP contribution in [-0.2, 0) is 17.6 Å². The zero-order chi connectivity index (χ0) is 22.0. The van der Waals surface area contributed by atoms with Crippen molar-refractivity contribution in [3.8, 4) is 0 Å². The first kappa shape index (κ1) is 21.5. The van der Waals surface area contributed by atoms with Crippen LogP contribution < -0.4 is 11.1 Å². The van der Waals surface area contributed by atoms with E-state index in [1.54, 1.807) is 4.90 Å². The van der Waals surface area contributed by atoms with Gasteiger partial charge in [-0.3, -0.25) is 14.4 Å². The van der Waals surface area contributed by atoms with E-state index in [9.17, 15) is 18.8 Å². The van der Waals surface area contributed by atoms with E-state index >= 15 is 0 Å². The van der Waals surface area contributed by atoms with E-state index in [0.717, 1.165) is 42.5 Å². The molecule has 0 bridgehead atoms. The summed E-state index contributed by atoms with van der Waals surface area (Å²) < 4.78 is 13.2. The minimum Gasteiger partial charge on any atom is -0.365 e. The lowest BCUT2D eigenvalue weighted by molar-refractivity contribution is -0.121. The highest BCUT2D eigenvalue weighted by Crippen LogP contribution is 2.37. The Balaban J connectivity index is 1.48. The number of nitrogens with one attached hydrogen (secondary N) is 1. The van der Waals surface area contributed by atoms with E-state index in [1.807, 2.05) is 0 Å². The number of benzene rings is 1. The summed E-state index contributed by atoms with van der Waals surface area (Å²) in [7, 11) is 0. The Bertz CT molecular complexity index is 1000. The van der Waals surface area contributed by atoms with Crippen LogP contribution >= 0.6 is 11.3 Å². The van der Waals surface area contributed by atoms with Crippen LogP contribution in [-0.4, -0.2) is 35.7 Å². The van der Waals surface area contributed by atoms with Crippen LogP contribution in [0, 0.1) is 11.7 Å². The number of thiophene rings is 1. The minimum atomic E-state index is -0.508. The first-order valence-corrected chi connectivity index (χ1v) is 11.6. The normalized spacial score (nSPS) is 18.7. The highest BCUT2D eigenvalue weighted by molar-refractivity contribution is 7.17. The fourth-order valence-electron chi connectivity index (χ4n) is 4.46. The molecule has 0 saturated carbocycles. The fraction of sp³-hybridized carbons (Fsp3) is 0.435. The van der Waals surface area contributed by atoms with Crippen molar-refractivity contribution in [1.29, 1.82) is 0 Å². The highest BCUT2D eigenvalue weighted by atomic mass is 32.1. The third kappa shape index (κ3) is 4.63. The van der Waals surface area contributed by atoms with Gasteiger partial charge in [0.05, 0.1) is 11.5 Å². The molecular weight excluding hydrogens is 417 g/mol. The first-order chi connectivity index (χ1) is 14.9. The highest BCUT2D eigenvalue weighted by Gasteiger charge is 2.31. The van der Waals surface area contributed by atoms with Gasteiger partial charge in [0.2, 0.25) is 5.91 Å². The predicted molar refractivity (Wildman–Crippen MR) is 118 cm³/mol. The summed E-state index contributed by atoms with van der Waals surface area (Å²) >= 11 is 1.45. The van der Waals surface area contributed by atoms with Gasteiger partial charge in [-0.1, -0.05) is 6.42 Å². The van der Waals surface area contributed by atoms with Crippen LogP contribution in [0.5, 0.6) is 0 Å². The predicted octanol–water partition coefficient (Wildman–Crippen LogP) is 3.75. The number of nitrogens with two attached hydrogens (primary N) is 1. The Morgan fingerprint density at radius 1 is 1.06 bits per heavy atom. The van der Waals surface area contributed by atoms with Crippen molar-refractivity contribution in [1.82, 2.24) is 4.90 Å². The Kier molecular flexibility index (Phi) is 6.36. The molecule has 1 aliphatic carbocycles. The summed E-state index contributed by atoms with van der Waals surface area (Å²) in [6.07, 6.45) is 6.29. The number of amides is 3. The number of hydrogen-bond donors (Lipinski definition) is 2. The Hall–Kier alpha value is -2.74. The van der Waals surface area contributed by atoms with Gasteiger partial charge in [-0.05, 0) is 68.4 Å². The largest absolute Gasteiger partial charge is 0.365 e. The summed E-state index contributed by atoms with van der Waals surface area (Å²) in [5.74, 6) is -1.69. The quantitative estimate of drug-likeness (QED) is 0.705. The number of nitrogens with zero attached hydrogens (tertiary/aromatic N) is 1. The summed E-state index contributed by atoms with van der Waals surface area (Å²) in [4.78, 5) is 40.7. The van der Waals surface area contributed by atoms with E-state index in [2.05, 4.69) is 5.32 Å². The third-order valence-electron chi connectivity index (χ3n) is 6.08. The minimum absolute atomic E-state index is 0.199. The number of carbonyl (C=O) groups is 3. The van der Waals surface area contributed by atoms with Gasteiger partial charge in [0.1, 0.15) is 10.8 Å². The number of rotatable bonds is 4. The monoisotopic (exact) mass is 443 g/mol. The number of anilines is 1. The van der Waals surface area contributed by atoms with Gasteiger partial charge in [-0.15, -0.1) is 11.3 Å². The molecule has 4 rings (SSSR count). The number of aryl methyl sites for hydroxylation is 1. The number of fused-ring (bicyclic) bond motifs is 1. The number of hydrogen-bond acceptors (Lipinski definition) is 4. The van der Waals surface area contributed by atoms with Crippen molar-refractivity contribution in [2.24, 2.45) is 11.7 Å². The van der Waals surface area contributed by atoms with Crippen LogP contribution in [0.1, 0.15) is 63.3 Å². The second kappa shape index (κ2) is 9.18. The molecule has 0 radical (unpaired) electrons. The van der Waals surface area contributed by atoms with Crippen molar-refractivity contribution >= 4 is 34.1 Å². The molecule has 1 aromatic heterocycles. The van der Waals surface area contributed by atoms with Crippen molar-refractivity contribution in [2.75, 3.05) is 18.4 Å². The fourth-order valence-corrected chi connectivity index (χ4v) is 5.75. The van der Waals surface area contributed by atoms with Crippen LogP contribution in [0.2, 0.25) is 0 Å². The van der Waals surface area contributed by atoms with E-state index in [-0.39, 0.29) is 17.7 Å². The van der Waals surface area contributed by atoms with Gasteiger partial charge in [-0.25, -0.2) is 4.39 Å². The molecule has 1 unspecified atom stereocenters. The van der Waals surface area contributed by atoms with Gasteiger partial charge < -0.3 is 16.0 Å². The van der Waals surface area contributed by atoms with Crippen LogP contribution in [0.3, 0.4) is 0 Å². The lowest BCUT2D eigenvalue weighted by atomic mass is 9.96. The molecule has 8 heteroatoms. The van der Waals surface area contributed by atoms with Crippen molar-refractivity contribution in [2.45, 2.75) is 44.9 Å². The van der Waals surface area contributed by atoms with Crippen LogP contribution in [0.4, 0.5) is 9.39 Å². The molecular formula is C23H26FN3O3S. The average molecular weight is 444 g/mol. The molecule has 6 nitrogen and oxygen atoms in total. The van der Waals surface area contributed by atoms with E-state index in [4.69, 9.17) is 5.73 Å². The van der Waals surface area contributed by atoms with Crippen LogP contribution in [0.15, 0.2) is 24.3 Å². The van der Waals surface area contributed by atoms with Gasteiger partial charge in [0.25, 0.3) is 11.8 Å². The second-order valence-corrected chi connectivity index (χ2v) is 9.32. The summed E-state index contributed by atoms with van der Waals surface area (Å²) in [5, 5.41) is 3.47. The molecule has 31 heavy (non-hydrogen) atoms. The maximum atomic E-state index is 13.2. The second-order valence-electron chi connectivity index (χ2n) is 8.22. The van der Waals surface area contributed by atoms with E-state index < -0.39 is 11.7 Å². The summed E-state index contributed by atoms with van der Waals surface area (Å²) in [6.45, 7) is 0.846. The van der Waals surface area contributed by atoms with Crippen molar-refractivity contribution in [3.63, 3.8) is 0 Å². The number of primary amides is 1. The molecule has 2 heterocycles. The molecule has 1 atom stereocenters. The molecule has 1 saturated heterocycles. The molecule has 0 spiro atoms. The van der Waals surface area contributed by atoms with E-state index in [1.165, 1.54) is 35.6 Å². The van der Waals surface area contributed by atoms with Crippen LogP contribution in [0.25, 0.3) is 0 Å². The lowest BCUT2D eigenvalue weighted by Crippen LogP contribution is -2.43. The Morgan fingerprint density at radius 2 is 1.81 bits per heavy atom. The maximum Gasteiger partial charge on any atom is 0.253 e. The topological polar surface area (TPSA) is 92.5 Å². The van der Waals surface area contributed by atoms with E-state index in [0.29, 0.717) is 42.1 Å². The summed E-state index contributed by atoms with van der Waals surface area (Å²) in [5.41, 5.74) is 7.50. The smallest absolute Gasteiger partial charge is 0.253 e. The first-order valence-electron chi connectivity index (χ1n) is 10.7. The zero-order valence-corrected chi connectivity index (χ0v) is 18.1. The molecule has 2 aromatic rings. The Morgan fingerprint density at radius 3 is 2.55 bits per heavy atom. The number of piperidine rings is 1. The average Bonchev–Trinajstić information content (AvgIpc) is 2.94. The summed E-state index contributed by atoms with van der Waals surface area (Å²) in [6, 6.07) is 5.43. The molecule has 1 fully saturated rings. The van der Waals surface area contributed by atoms with Gasteiger partial charge in [0.15, 0.2) is 0 Å². The zero-order valence-electron chi connectivity index (χ0n) is 17.3. The van der Waals surface area contributed by atoms with Crippen molar-refractivity contribution in [3.05, 3.63) is 51.7 Å². The molecule has 2 aliphatic rings. The molecule has 1 aromatic carbocycles. The standard InChI is InChI=1S/C23H26FN3O3S/c24-16-10-8-14(9-11-16)23(30)27-12-4-5-15(13-27)21(29)26-22-19(20(25)28)17-6-2-1-3-7-18(17)31-22/h8-11,15H,1-7,12-13H2,(H2,25,28)(H,26,29). The van der Waals surface area contributed by atoms with Gasteiger partial charge in [-0.2, -0.15) is 0 Å². The lowest BCUT2D eigenvalue weighted by Gasteiger charge is -2.32. The SMILES string of the molecule is NC(=O)c1c(NC(=O)C2CCCN(C(=O)c3ccc(F)cc3)C2)sc2c1CCCCC2. The van der Waals surface area contributed by atoms with Gasteiger partial charge >= 0.3 is 0 Å². The number of carbonyl (C=O) groups excluding carboxylic acids is 3. The maximum absolute atomic E-state index is 13.2. The third-order valence-corrected chi connectivity index (χ3v) is 7.28. The molecule has 3 amide bonds. The number of halogens is 1. The molecule has 164 valence electrons. The van der Waals surface area contributed by atoms with Crippen molar-refractivity contribution < 1.29 is 18.8 Å².